The van der Waals surface area contributed by atoms with Crippen molar-refractivity contribution >= 4 is 0 Å². The number of nitrogens with one attached hydrogen (secondary N) is 1. The van der Waals surface area contributed by atoms with Crippen LogP contribution in [0.15, 0.2) is 18.5 Å². The minimum atomic E-state index is -1.01. The Bertz CT molecular complexity index is 376. The number of hydrogen-bond donors (Lipinski definition) is 3. The van der Waals surface area contributed by atoms with Gasteiger partial charge in [-0.1, -0.05) is 0 Å². The molecule has 5 heteroatoms. The molecule has 0 fully saturated rings. The van der Waals surface area contributed by atoms with Gasteiger partial charge in [0.2, 0.25) is 0 Å². The maximum atomic E-state index is 9.81. The first-order valence-electron chi connectivity index (χ1n) is 5.04. The number of pyridine rings is 1. The minimum Gasteiger partial charge on any atom is -0.390 e. The molecule has 1 aromatic heterocycles. The maximum absolute atomic E-state index is 9.81. The van der Waals surface area contributed by atoms with E-state index < -0.39 is 12.2 Å². The molecule has 0 spiro atoms. The number of aromatic nitrogens is 1. The Balaban J connectivity index is 2.71. The third-order valence-electron chi connectivity index (χ3n) is 2.28. The van der Waals surface area contributed by atoms with Gasteiger partial charge in [-0.05, 0) is 26.1 Å². The summed E-state index contributed by atoms with van der Waals surface area (Å²) in [5.74, 6) is 0. The Hall–Kier alpha value is -1.48. The molecular weight excluding hydrogens is 206 g/mol. The Morgan fingerprint density at radius 2 is 2.25 bits per heavy atom. The molecular formula is C11H15N3O2. The van der Waals surface area contributed by atoms with Crippen molar-refractivity contribution in [2.24, 2.45) is 0 Å². The summed E-state index contributed by atoms with van der Waals surface area (Å²) < 4.78 is 0. The predicted octanol–water partition coefficient (Wildman–Crippen LogP) is -0.0429. The van der Waals surface area contributed by atoms with E-state index in [0.717, 1.165) is 0 Å². The molecule has 0 aliphatic rings. The molecule has 0 bridgehead atoms. The number of aliphatic hydroxyl groups is 2. The molecule has 0 saturated heterocycles. The van der Waals surface area contributed by atoms with Gasteiger partial charge in [0.25, 0.3) is 0 Å². The molecule has 0 aliphatic carbocycles. The van der Waals surface area contributed by atoms with Gasteiger partial charge >= 0.3 is 0 Å². The van der Waals surface area contributed by atoms with Crippen LogP contribution in [0.3, 0.4) is 0 Å². The SMILES string of the molecule is CNCCC(O)C(O)c1cncc(C#N)c1. The third-order valence-corrected chi connectivity index (χ3v) is 2.28. The van der Waals surface area contributed by atoms with Crippen LogP contribution >= 0.6 is 0 Å². The second-order valence-corrected chi connectivity index (χ2v) is 3.52. The smallest absolute Gasteiger partial charge is 0.106 e. The lowest BCUT2D eigenvalue weighted by Crippen LogP contribution is -2.23. The summed E-state index contributed by atoms with van der Waals surface area (Å²) in [6.07, 6.45) is 1.44. The Morgan fingerprint density at radius 1 is 1.50 bits per heavy atom. The van der Waals surface area contributed by atoms with Gasteiger partial charge in [-0.3, -0.25) is 4.98 Å². The summed E-state index contributed by atoms with van der Waals surface area (Å²) >= 11 is 0. The molecule has 5 nitrogen and oxygen atoms in total. The van der Waals surface area contributed by atoms with Gasteiger partial charge in [0.1, 0.15) is 12.2 Å². The van der Waals surface area contributed by atoms with E-state index in [1.807, 2.05) is 6.07 Å². The summed E-state index contributed by atoms with van der Waals surface area (Å²) in [5, 5.41) is 31.0. The Morgan fingerprint density at radius 3 is 2.88 bits per heavy atom. The predicted molar refractivity (Wildman–Crippen MR) is 58.5 cm³/mol. The monoisotopic (exact) mass is 221 g/mol. The Kier molecular flexibility index (Phi) is 4.86. The van der Waals surface area contributed by atoms with Gasteiger partial charge in [0, 0.05) is 18.0 Å². The standard InChI is InChI=1S/C11H15N3O2/c1-13-3-2-10(15)11(16)9-4-8(5-12)6-14-7-9/h4,6-7,10-11,13,15-16H,2-3H2,1H3. The van der Waals surface area contributed by atoms with E-state index in [1.165, 1.54) is 18.5 Å². The van der Waals surface area contributed by atoms with Crippen LogP contribution in [0.25, 0.3) is 0 Å². The van der Waals surface area contributed by atoms with E-state index in [9.17, 15) is 10.2 Å². The lowest BCUT2D eigenvalue weighted by Gasteiger charge is -2.17. The number of aliphatic hydroxyl groups excluding tert-OH is 2. The first-order valence-corrected chi connectivity index (χ1v) is 5.04. The molecule has 0 aliphatic heterocycles. The molecule has 1 rings (SSSR count). The van der Waals surface area contributed by atoms with E-state index in [1.54, 1.807) is 7.05 Å². The van der Waals surface area contributed by atoms with Gasteiger partial charge < -0.3 is 15.5 Å². The average molecular weight is 221 g/mol. The normalized spacial score (nSPS) is 14.1. The van der Waals surface area contributed by atoms with Crippen LogP contribution in [0, 0.1) is 11.3 Å². The first kappa shape index (κ1) is 12.6. The summed E-state index contributed by atoms with van der Waals surface area (Å²) in [4.78, 5) is 3.83. The molecule has 1 heterocycles. The summed E-state index contributed by atoms with van der Waals surface area (Å²) in [7, 11) is 1.77. The fourth-order valence-electron chi connectivity index (χ4n) is 1.35. The van der Waals surface area contributed by atoms with Gasteiger partial charge in [0.15, 0.2) is 0 Å². The van der Waals surface area contributed by atoms with Crippen molar-refractivity contribution in [2.45, 2.75) is 18.6 Å². The van der Waals surface area contributed by atoms with Crippen LogP contribution in [-0.4, -0.2) is 34.9 Å². The van der Waals surface area contributed by atoms with Gasteiger partial charge in [0.05, 0.1) is 11.7 Å². The highest BCUT2D eigenvalue weighted by molar-refractivity contribution is 5.30. The molecule has 0 amide bonds. The van der Waals surface area contributed by atoms with Crippen molar-refractivity contribution in [1.82, 2.24) is 10.3 Å². The fraction of sp³-hybridized carbons (Fsp3) is 0.455. The zero-order chi connectivity index (χ0) is 12.0. The molecule has 86 valence electrons. The van der Waals surface area contributed by atoms with Crippen molar-refractivity contribution in [3.63, 3.8) is 0 Å². The van der Waals surface area contributed by atoms with Crippen molar-refractivity contribution < 1.29 is 10.2 Å². The van der Waals surface area contributed by atoms with Crippen LogP contribution in [0.4, 0.5) is 0 Å². The van der Waals surface area contributed by atoms with Crippen molar-refractivity contribution in [1.29, 1.82) is 5.26 Å². The van der Waals surface area contributed by atoms with E-state index in [-0.39, 0.29) is 0 Å². The van der Waals surface area contributed by atoms with E-state index in [2.05, 4.69) is 10.3 Å². The topological polar surface area (TPSA) is 89.2 Å². The van der Waals surface area contributed by atoms with E-state index in [4.69, 9.17) is 5.26 Å². The molecule has 1 aromatic rings. The number of rotatable bonds is 5. The quantitative estimate of drug-likeness (QED) is 0.649. The molecule has 0 aromatic carbocycles. The van der Waals surface area contributed by atoms with Crippen molar-refractivity contribution in [3.05, 3.63) is 29.6 Å². The second-order valence-electron chi connectivity index (χ2n) is 3.52. The van der Waals surface area contributed by atoms with Gasteiger partial charge in [-0.2, -0.15) is 5.26 Å². The largest absolute Gasteiger partial charge is 0.390 e. The van der Waals surface area contributed by atoms with Crippen LogP contribution in [-0.2, 0) is 0 Å². The lowest BCUT2D eigenvalue weighted by atomic mass is 10.0. The average Bonchev–Trinajstić information content (AvgIpc) is 2.35. The third kappa shape index (κ3) is 3.28. The summed E-state index contributed by atoms with van der Waals surface area (Å²) in [6, 6.07) is 3.46. The van der Waals surface area contributed by atoms with E-state index >= 15 is 0 Å². The molecule has 2 atom stereocenters. The summed E-state index contributed by atoms with van der Waals surface area (Å²) in [6.45, 7) is 0.615. The zero-order valence-electron chi connectivity index (χ0n) is 9.09. The lowest BCUT2D eigenvalue weighted by molar-refractivity contribution is 0.0138. The number of nitriles is 1. The molecule has 0 saturated carbocycles. The van der Waals surface area contributed by atoms with Crippen LogP contribution in [0.1, 0.15) is 23.7 Å². The van der Waals surface area contributed by atoms with Gasteiger partial charge in [-0.15, -0.1) is 0 Å². The number of nitrogens with zero attached hydrogens (tertiary/aromatic N) is 2. The van der Waals surface area contributed by atoms with Crippen LogP contribution in [0.2, 0.25) is 0 Å². The first-order chi connectivity index (χ1) is 7.69. The zero-order valence-corrected chi connectivity index (χ0v) is 9.09. The Labute approximate surface area is 94.4 Å². The molecule has 3 N–H and O–H groups in total. The van der Waals surface area contributed by atoms with E-state index in [0.29, 0.717) is 24.1 Å². The highest BCUT2D eigenvalue weighted by Gasteiger charge is 2.18. The van der Waals surface area contributed by atoms with Crippen LogP contribution < -0.4 is 5.32 Å². The van der Waals surface area contributed by atoms with Crippen molar-refractivity contribution in [2.75, 3.05) is 13.6 Å². The highest BCUT2D eigenvalue weighted by atomic mass is 16.3. The minimum absolute atomic E-state index is 0.373. The maximum Gasteiger partial charge on any atom is 0.106 e. The molecule has 16 heavy (non-hydrogen) atoms. The molecule has 2 unspecified atom stereocenters. The molecule has 0 radical (unpaired) electrons. The number of hydrogen-bond acceptors (Lipinski definition) is 5. The summed E-state index contributed by atoms with van der Waals surface area (Å²) in [5.41, 5.74) is 0.833. The second kappa shape index (κ2) is 6.18. The van der Waals surface area contributed by atoms with Gasteiger partial charge in [-0.25, -0.2) is 0 Å². The van der Waals surface area contributed by atoms with Crippen molar-refractivity contribution in [3.8, 4) is 6.07 Å². The highest BCUT2D eigenvalue weighted by Crippen LogP contribution is 2.18. The fourth-order valence-corrected chi connectivity index (χ4v) is 1.35. The van der Waals surface area contributed by atoms with Crippen LogP contribution in [0.5, 0.6) is 0 Å².